The average molecular weight is 247 g/mol. The van der Waals surface area contributed by atoms with E-state index in [1.165, 1.54) is 0 Å². The van der Waals surface area contributed by atoms with Gasteiger partial charge in [0.15, 0.2) is 0 Å². The molecule has 1 aromatic rings. The Kier molecular flexibility index (Phi) is 5.75. The van der Waals surface area contributed by atoms with Crippen LogP contribution in [0.1, 0.15) is 11.1 Å². The minimum Gasteiger partial charge on any atom is -0.445 e. The molecule has 0 N–H and O–H groups in total. The van der Waals surface area contributed by atoms with E-state index in [2.05, 4.69) is 0 Å². The van der Waals surface area contributed by atoms with E-state index in [-0.39, 0.29) is 51.4 Å². The third-order valence-corrected chi connectivity index (χ3v) is 2.43. The Hall–Kier alpha value is 1.00. The van der Waals surface area contributed by atoms with Crippen molar-refractivity contribution in [2.24, 2.45) is 0 Å². The first-order chi connectivity index (χ1) is 5.82. The maximum Gasteiger partial charge on any atom is 1.00 e. The summed E-state index contributed by atoms with van der Waals surface area (Å²) in [5.74, 6) is 0. The van der Waals surface area contributed by atoms with Gasteiger partial charge in [0.1, 0.15) is 0 Å². The van der Waals surface area contributed by atoms with Gasteiger partial charge in [0.2, 0.25) is 0 Å². The molecule has 0 aliphatic carbocycles. The monoisotopic (exact) mass is 246 g/mol. The van der Waals surface area contributed by atoms with Crippen molar-refractivity contribution >= 4 is 24.0 Å². The van der Waals surface area contributed by atoms with E-state index in [9.17, 15) is 12.9 Å². The SMILES string of the molecule is Cc1cc([B-](F)(F)F)cc(C)c1Cl.[K+]. The molecule has 0 bridgehead atoms. The van der Waals surface area contributed by atoms with Crippen molar-refractivity contribution in [3.05, 3.63) is 28.3 Å². The van der Waals surface area contributed by atoms with Crippen LogP contribution in [0.5, 0.6) is 0 Å². The standard InChI is InChI=1S/C8H8BClF3.K/c1-5-3-7(9(11,12)13)4-6(2)8(5)10;/h3-4H,1-2H3;/q-1;+1. The largest absolute Gasteiger partial charge is 1.00 e. The van der Waals surface area contributed by atoms with E-state index in [0.717, 1.165) is 12.1 Å². The first-order valence-corrected chi connectivity index (χ1v) is 4.16. The number of aryl methyl sites for hydroxylation is 2. The summed E-state index contributed by atoms with van der Waals surface area (Å²) in [6.45, 7) is -1.78. The molecule has 0 unspecified atom stereocenters. The van der Waals surface area contributed by atoms with Gasteiger partial charge in [-0.15, -0.1) is 5.46 Å². The van der Waals surface area contributed by atoms with Gasteiger partial charge in [-0.25, -0.2) is 0 Å². The topological polar surface area (TPSA) is 0 Å². The zero-order valence-corrected chi connectivity index (χ0v) is 12.1. The fourth-order valence-electron chi connectivity index (χ4n) is 1.17. The first-order valence-electron chi connectivity index (χ1n) is 3.79. The fraction of sp³-hybridized carbons (Fsp3) is 0.250. The van der Waals surface area contributed by atoms with Crippen molar-refractivity contribution in [3.8, 4) is 0 Å². The van der Waals surface area contributed by atoms with Crippen molar-refractivity contribution in [1.29, 1.82) is 0 Å². The molecule has 0 heterocycles. The van der Waals surface area contributed by atoms with Gasteiger partial charge in [0.25, 0.3) is 0 Å². The quantitative estimate of drug-likeness (QED) is 0.613. The molecule has 0 radical (unpaired) electrons. The molecule has 0 aliphatic rings. The van der Waals surface area contributed by atoms with Gasteiger partial charge in [-0.1, -0.05) is 23.7 Å². The molecule has 0 aromatic heterocycles. The molecular formula is C8H8BClF3K. The number of benzene rings is 1. The third-order valence-electron chi connectivity index (χ3n) is 1.84. The zero-order chi connectivity index (χ0) is 10.2. The molecule has 1 rings (SSSR count). The Morgan fingerprint density at radius 2 is 1.43 bits per heavy atom. The van der Waals surface area contributed by atoms with Crippen molar-refractivity contribution in [2.45, 2.75) is 13.8 Å². The van der Waals surface area contributed by atoms with Gasteiger partial charge in [0.05, 0.1) is 0 Å². The van der Waals surface area contributed by atoms with E-state index in [0.29, 0.717) is 16.1 Å². The zero-order valence-electron chi connectivity index (χ0n) is 8.24. The van der Waals surface area contributed by atoms with E-state index in [1.807, 2.05) is 0 Å². The number of rotatable bonds is 1. The molecule has 6 heteroatoms. The Balaban J connectivity index is 0.00000169. The Morgan fingerprint density at radius 3 is 1.71 bits per heavy atom. The number of hydrogen-bond acceptors (Lipinski definition) is 0. The number of halogens is 4. The summed E-state index contributed by atoms with van der Waals surface area (Å²) < 4.78 is 36.9. The molecule has 0 saturated carbocycles. The van der Waals surface area contributed by atoms with Crippen LogP contribution in [0.3, 0.4) is 0 Å². The van der Waals surface area contributed by atoms with Gasteiger partial charge in [-0.3, -0.25) is 0 Å². The van der Waals surface area contributed by atoms with E-state index in [4.69, 9.17) is 11.6 Å². The maximum absolute atomic E-state index is 12.3. The van der Waals surface area contributed by atoms with Gasteiger partial charge < -0.3 is 12.9 Å². The van der Waals surface area contributed by atoms with Crippen LogP contribution >= 0.6 is 11.6 Å². The van der Waals surface area contributed by atoms with Crippen molar-refractivity contribution in [2.75, 3.05) is 0 Å². The molecule has 0 nitrogen and oxygen atoms in total. The molecule has 0 fully saturated rings. The molecule has 1 aromatic carbocycles. The number of hydrogen-bond donors (Lipinski definition) is 0. The second-order valence-electron chi connectivity index (χ2n) is 3.04. The van der Waals surface area contributed by atoms with Crippen molar-refractivity contribution < 1.29 is 64.3 Å². The van der Waals surface area contributed by atoms with E-state index in [1.54, 1.807) is 13.8 Å². The van der Waals surface area contributed by atoms with Gasteiger partial charge in [0, 0.05) is 5.02 Å². The Morgan fingerprint density at radius 1 is 1.07 bits per heavy atom. The summed E-state index contributed by atoms with van der Waals surface area (Å²) in [6.07, 6.45) is 0. The molecular weight excluding hydrogens is 238 g/mol. The van der Waals surface area contributed by atoms with Gasteiger partial charge >= 0.3 is 58.4 Å². The second kappa shape index (κ2) is 5.37. The van der Waals surface area contributed by atoms with Crippen LogP contribution in [0.25, 0.3) is 0 Å². The minimum atomic E-state index is -4.92. The summed E-state index contributed by atoms with van der Waals surface area (Å²) in [5.41, 5.74) is 0.353. The van der Waals surface area contributed by atoms with Gasteiger partial charge in [-0.2, -0.15) is 0 Å². The summed E-state index contributed by atoms with van der Waals surface area (Å²) in [7, 11) is 0. The maximum atomic E-state index is 12.3. The third kappa shape index (κ3) is 3.54. The smallest absolute Gasteiger partial charge is 0.445 e. The normalized spacial score (nSPS) is 11.0. The predicted molar refractivity (Wildman–Crippen MR) is 49.6 cm³/mol. The molecule has 0 saturated heterocycles. The Labute approximate surface area is 129 Å². The molecule has 0 spiro atoms. The fourth-order valence-corrected chi connectivity index (χ4v) is 1.28. The first kappa shape index (κ1) is 15.0. The van der Waals surface area contributed by atoms with Crippen molar-refractivity contribution in [3.63, 3.8) is 0 Å². The summed E-state index contributed by atoms with van der Waals surface area (Å²) in [6, 6.07) is 2.16. The van der Waals surface area contributed by atoms with Crippen LogP contribution in [0.2, 0.25) is 5.02 Å². The molecule has 14 heavy (non-hydrogen) atoms. The van der Waals surface area contributed by atoms with Crippen LogP contribution in [0.4, 0.5) is 12.9 Å². The predicted octanol–water partition coefficient (Wildman–Crippen LogP) is 0.0152. The molecule has 72 valence electrons. The van der Waals surface area contributed by atoms with Crippen LogP contribution < -0.4 is 56.8 Å². The average Bonchev–Trinajstić information content (AvgIpc) is 1.97. The van der Waals surface area contributed by atoms with E-state index < -0.39 is 12.4 Å². The van der Waals surface area contributed by atoms with Crippen molar-refractivity contribution in [1.82, 2.24) is 0 Å². The van der Waals surface area contributed by atoms with Crippen LogP contribution in [-0.4, -0.2) is 6.98 Å². The molecule has 0 amide bonds. The van der Waals surface area contributed by atoms with E-state index >= 15 is 0 Å². The summed E-state index contributed by atoms with van der Waals surface area (Å²) in [4.78, 5) is 0. The molecule has 0 aliphatic heterocycles. The Bertz CT molecular complexity index is 315. The molecule has 0 atom stereocenters. The van der Waals surface area contributed by atoms with Crippen LogP contribution in [0.15, 0.2) is 12.1 Å². The van der Waals surface area contributed by atoms with Gasteiger partial charge in [-0.05, 0) is 25.0 Å². The van der Waals surface area contributed by atoms with Crippen LogP contribution in [0, 0.1) is 13.8 Å². The summed E-state index contributed by atoms with van der Waals surface area (Å²) in [5, 5.41) is 0.406. The summed E-state index contributed by atoms with van der Waals surface area (Å²) >= 11 is 5.74. The van der Waals surface area contributed by atoms with Crippen LogP contribution in [-0.2, 0) is 0 Å². The second-order valence-corrected chi connectivity index (χ2v) is 3.42. The minimum absolute atomic E-state index is 0.